The largest absolute Gasteiger partial charge is 0.509 e. The first kappa shape index (κ1) is 22.9. The van der Waals surface area contributed by atoms with Crippen LogP contribution in [-0.2, 0) is 9.59 Å². The molecule has 0 radical (unpaired) electrons. The number of benzene rings is 1. The summed E-state index contributed by atoms with van der Waals surface area (Å²) >= 11 is 0. The molecule has 0 saturated heterocycles. The normalized spacial score (nSPS) is 19.9. The number of amides is 1. The van der Waals surface area contributed by atoms with Gasteiger partial charge in [0.2, 0.25) is 0 Å². The average Bonchev–Trinajstić information content (AvgIpc) is 3.00. The summed E-state index contributed by atoms with van der Waals surface area (Å²) in [6, 6.07) is 4.27. The molecule has 8 nitrogen and oxygen atoms in total. The number of aliphatic hydroxyl groups is 1. The fraction of sp³-hybridized carbons (Fsp3) is 0.304. The third-order valence-corrected chi connectivity index (χ3v) is 5.14. The van der Waals surface area contributed by atoms with Crippen LogP contribution in [0.1, 0.15) is 37.3 Å². The van der Waals surface area contributed by atoms with Gasteiger partial charge in [-0.1, -0.05) is 36.4 Å². The van der Waals surface area contributed by atoms with Gasteiger partial charge in [-0.15, -0.1) is 0 Å². The zero-order chi connectivity index (χ0) is 23.3. The van der Waals surface area contributed by atoms with E-state index in [1.807, 2.05) is 19.1 Å². The van der Waals surface area contributed by atoms with Gasteiger partial charge in [0.05, 0.1) is 5.71 Å². The van der Waals surface area contributed by atoms with Crippen molar-refractivity contribution >= 4 is 29.4 Å². The van der Waals surface area contributed by atoms with Crippen molar-refractivity contribution in [1.29, 1.82) is 0 Å². The fourth-order valence-corrected chi connectivity index (χ4v) is 3.37. The number of hydrazone groups is 2. The van der Waals surface area contributed by atoms with E-state index in [4.69, 9.17) is 5.11 Å². The van der Waals surface area contributed by atoms with Crippen molar-refractivity contribution in [2.75, 3.05) is 6.54 Å². The average molecular weight is 440 g/mol. The minimum atomic E-state index is -0.935. The number of hydrogen-bond acceptors (Lipinski definition) is 6. The summed E-state index contributed by atoms with van der Waals surface area (Å²) in [5.74, 6) is -1.68. The minimum absolute atomic E-state index is 0.0282. The Bertz CT molecular complexity index is 1050. The number of nitrogens with zero attached hydrogens (tertiary/aromatic N) is 3. The summed E-state index contributed by atoms with van der Waals surface area (Å²) in [5, 5.41) is 28.8. The van der Waals surface area contributed by atoms with Crippen LogP contribution in [0.5, 0.6) is 0 Å². The Hall–Kier alpha value is -3.75. The van der Waals surface area contributed by atoms with Gasteiger partial charge in [0.1, 0.15) is 17.6 Å². The molecule has 0 saturated carbocycles. The number of hydrogen-bond donors (Lipinski definition) is 3. The Morgan fingerprint density at radius 1 is 1.38 bits per heavy atom. The predicted octanol–water partition coefficient (Wildman–Crippen LogP) is 3.32. The van der Waals surface area contributed by atoms with Crippen LogP contribution in [0.25, 0.3) is 6.08 Å². The van der Waals surface area contributed by atoms with E-state index in [0.717, 1.165) is 5.56 Å². The number of allylic oxidation sites excluding steroid dienone is 3. The summed E-state index contributed by atoms with van der Waals surface area (Å²) in [4.78, 5) is 23.1. The van der Waals surface area contributed by atoms with Crippen molar-refractivity contribution in [3.63, 3.8) is 0 Å². The van der Waals surface area contributed by atoms with Crippen LogP contribution in [0.2, 0.25) is 0 Å². The van der Waals surface area contributed by atoms with Gasteiger partial charge in [-0.2, -0.15) is 10.2 Å². The number of aliphatic carboxylic acids is 1. The summed E-state index contributed by atoms with van der Waals surface area (Å²) < 4.78 is 14.0. The van der Waals surface area contributed by atoms with Gasteiger partial charge in [0.25, 0.3) is 5.91 Å². The number of carboxylic acids is 1. The standard InChI is InChI=1S/C23H25FN4O4/c1-14-6-3-8-18(24)17(14)12-11-16-7-4-9-19(22(16)31)25-26-21-15(2)27-28(23(21)32)13-5-10-20(29)30/h3-4,6-8,11-12,19,25,31H,5,9-10,13H2,1-2H3,(H,29,30)/b12-11+,26-21-. The molecule has 0 spiro atoms. The maximum Gasteiger partial charge on any atom is 0.303 e. The SMILES string of the molecule is CC1=NN(CCCC(=O)O)C(=O)/C1=N\NC1CC=CC(/C=C/c2c(C)cccc2F)=C1O. The highest BCUT2D eigenvalue weighted by Crippen LogP contribution is 2.22. The lowest BCUT2D eigenvalue weighted by Crippen LogP contribution is -2.34. The van der Waals surface area contributed by atoms with E-state index in [1.165, 1.54) is 11.1 Å². The summed E-state index contributed by atoms with van der Waals surface area (Å²) in [5.41, 5.74) is 5.07. The molecule has 3 N–H and O–H groups in total. The molecule has 1 atom stereocenters. The number of carbonyl (C=O) groups is 2. The molecule has 1 aromatic carbocycles. The Morgan fingerprint density at radius 2 is 2.16 bits per heavy atom. The van der Waals surface area contributed by atoms with E-state index in [-0.39, 0.29) is 36.7 Å². The molecule has 1 heterocycles. The second-order valence-corrected chi connectivity index (χ2v) is 7.54. The highest BCUT2D eigenvalue weighted by molar-refractivity contribution is 6.68. The second-order valence-electron chi connectivity index (χ2n) is 7.54. The lowest BCUT2D eigenvalue weighted by Gasteiger charge is -2.19. The molecule has 0 bridgehead atoms. The van der Waals surface area contributed by atoms with Crippen LogP contribution in [0, 0.1) is 12.7 Å². The van der Waals surface area contributed by atoms with E-state index >= 15 is 0 Å². The number of rotatable bonds is 8. The Labute approximate surface area is 185 Å². The van der Waals surface area contributed by atoms with Crippen molar-refractivity contribution < 1.29 is 24.2 Å². The van der Waals surface area contributed by atoms with Gasteiger partial charge < -0.3 is 10.2 Å². The minimum Gasteiger partial charge on any atom is -0.509 e. The molecule has 32 heavy (non-hydrogen) atoms. The molecular weight excluding hydrogens is 415 g/mol. The topological polar surface area (TPSA) is 115 Å². The molecule has 1 aliphatic carbocycles. The molecule has 1 unspecified atom stereocenters. The molecular formula is C23H25FN4O4. The number of halogens is 1. The number of carboxylic acid groups (broad SMARTS) is 1. The van der Waals surface area contributed by atoms with Gasteiger partial charge in [-0.25, -0.2) is 9.40 Å². The highest BCUT2D eigenvalue weighted by Gasteiger charge is 2.30. The maximum atomic E-state index is 14.0. The number of carbonyl (C=O) groups excluding carboxylic acids is 1. The van der Waals surface area contributed by atoms with E-state index in [9.17, 15) is 19.1 Å². The van der Waals surface area contributed by atoms with E-state index < -0.39 is 17.9 Å². The smallest absolute Gasteiger partial charge is 0.303 e. The Morgan fingerprint density at radius 3 is 2.88 bits per heavy atom. The van der Waals surface area contributed by atoms with Crippen LogP contribution in [0.15, 0.2) is 58.0 Å². The molecule has 1 aliphatic heterocycles. The van der Waals surface area contributed by atoms with Gasteiger partial charge in [-0.3, -0.25) is 15.0 Å². The van der Waals surface area contributed by atoms with Gasteiger partial charge in [-0.05, 0) is 38.3 Å². The van der Waals surface area contributed by atoms with Crippen LogP contribution in [0.4, 0.5) is 4.39 Å². The number of aryl methyl sites for hydroxylation is 1. The van der Waals surface area contributed by atoms with Crippen molar-refractivity contribution in [3.8, 4) is 0 Å². The zero-order valence-corrected chi connectivity index (χ0v) is 17.9. The summed E-state index contributed by atoms with van der Waals surface area (Å²) in [7, 11) is 0. The van der Waals surface area contributed by atoms with Crippen LogP contribution < -0.4 is 5.43 Å². The summed E-state index contributed by atoms with van der Waals surface area (Å²) in [6.07, 6.45) is 7.51. The Kier molecular flexibility index (Phi) is 7.19. The first-order chi connectivity index (χ1) is 15.3. The lowest BCUT2D eigenvalue weighted by atomic mass is 9.99. The van der Waals surface area contributed by atoms with Crippen LogP contribution in [-0.4, -0.2) is 51.1 Å². The zero-order valence-electron chi connectivity index (χ0n) is 17.9. The maximum absolute atomic E-state index is 14.0. The second kappa shape index (κ2) is 10.0. The summed E-state index contributed by atoms with van der Waals surface area (Å²) in [6.45, 7) is 3.63. The molecule has 0 aromatic heterocycles. The van der Waals surface area contributed by atoms with E-state index in [2.05, 4.69) is 15.6 Å². The van der Waals surface area contributed by atoms with Crippen molar-refractivity contribution in [2.45, 2.75) is 39.2 Å². The van der Waals surface area contributed by atoms with Gasteiger partial charge in [0.15, 0.2) is 5.71 Å². The molecule has 168 valence electrons. The monoisotopic (exact) mass is 440 g/mol. The first-order valence-corrected chi connectivity index (χ1v) is 10.2. The molecule has 0 fully saturated rings. The van der Waals surface area contributed by atoms with Crippen molar-refractivity contribution in [3.05, 3.63) is 64.7 Å². The van der Waals surface area contributed by atoms with Gasteiger partial charge in [0, 0.05) is 24.1 Å². The molecule has 1 amide bonds. The third kappa shape index (κ3) is 5.29. The predicted molar refractivity (Wildman–Crippen MR) is 120 cm³/mol. The fourth-order valence-electron chi connectivity index (χ4n) is 3.37. The van der Waals surface area contributed by atoms with Crippen LogP contribution in [0.3, 0.4) is 0 Å². The third-order valence-electron chi connectivity index (χ3n) is 5.14. The van der Waals surface area contributed by atoms with Crippen molar-refractivity contribution in [1.82, 2.24) is 10.4 Å². The molecule has 1 aromatic rings. The number of nitrogens with one attached hydrogen (secondary N) is 1. The quantitative estimate of drug-likeness (QED) is 0.537. The van der Waals surface area contributed by atoms with Gasteiger partial charge >= 0.3 is 5.97 Å². The van der Waals surface area contributed by atoms with E-state index in [1.54, 1.807) is 31.2 Å². The molecule has 3 rings (SSSR count). The van der Waals surface area contributed by atoms with Crippen LogP contribution >= 0.6 is 0 Å². The Balaban J connectivity index is 1.69. The van der Waals surface area contributed by atoms with Crippen molar-refractivity contribution in [2.24, 2.45) is 10.2 Å². The molecule has 2 aliphatic rings. The molecule has 9 heteroatoms. The number of aliphatic hydroxyl groups excluding tert-OH is 1. The lowest BCUT2D eigenvalue weighted by molar-refractivity contribution is -0.137. The first-order valence-electron chi connectivity index (χ1n) is 10.2. The van der Waals surface area contributed by atoms with E-state index in [0.29, 0.717) is 23.3 Å². The highest BCUT2D eigenvalue weighted by atomic mass is 19.1.